The lowest BCUT2D eigenvalue weighted by molar-refractivity contribution is -0.120. The van der Waals surface area contributed by atoms with Gasteiger partial charge in [0, 0.05) is 25.6 Å². The van der Waals surface area contributed by atoms with Gasteiger partial charge >= 0.3 is 0 Å². The molecule has 0 bridgehead atoms. The summed E-state index contributed by atoms with van der Waals surface area (Å²) in [5.41, 5.74) is 1.12. The summed E-state index contributed by atoms with van der Waals surface area (Å²) in [5, 5.41) is 14.1. The molecule has 2 N–H and O–H groups in total. The van der Waals surface area contributed by atoms with Gasteiger partial charge in [0.15, 0.2) is 0 Å². The summed E-state index contributed by atoms with van der Waals surface area (Å²) in [7, 11) is 2.81. The number of amides is 2. The van der Waals surface area contributed by atoms with Crippen LogP contribution in [0, 0.1) is 11.3 Å². The molecule has 0 heterocycles. The number of rotatable bonds is 6. The van der Waals surface area contributed by atoms with Crippen molar-refractivity contribution in [2.75, 3.05) is 38.1 Å². The normalized spacial score (nSPS) is 9.65. The fourth-order valence-corrected chi connectivity index (χ4v) is 1.49. The van der Waals surface area contributed by atoms with Crippen LogP contribution in [0.25, 0.3) is 0 Å². The molecular weight excluding hydrogens is 262 g/mol. The van der Waals surface area contributed by atoms with Gasteiger partial charge in [-0.15, -0.1) is 0 Å². The number of carbonyl (C=O) groups is 2. The van der Waals surface area contributed by atoms with Crippen molar-refractivity contribution in [3.8, 4) is 6.07 Å². The van der Waals surface area contributed by atoms with E-state index in [1.54, 1.807) is 6.07 Å². The summed E-state index contributed by atoms with van der Waals surface area (Å²) >= 11 is 0. The van der Waals surface area contributed by atoms with E-state index < -0.39 is 0 Å². The van der Waals surface area contributed by atoms with Crippen molar-refractivity contribution in [3.05, 3.63) is 23.8 Å². The van der Waals surface area contributed by atoms with E-state index in [9.17, 15) is 9.59 Å². The molecule has 106 valence electrons. The van der Waals surface area contributed by atoms with Crippen LogP contribution in [0.4, 0.5) is 11.4 Å². The van der Waals surface area contributed by atoms with E-state index in [-0.39, 0.29) is 25.0 Å². The second kappa shape index (κ2) is 7.89. The van der Waals surface area contributed by atoms with Crippen molar-refractivity contribution in [3.63, 3.8) is 0 Å². The third-order valence-corrected chi connectivity index (χ3v) is 2.18. The number of hydrogen-bond acceptors (Lipinski definition) is 5. The Balaban J connectivity index is 2.88. The van der Waals surface area contributed by atoms with Gasteiger partial charge in [0.2, 0.25) is 11.8 Å². The highest BCUT2D eigenvalue weighted by atomic mass is 16.5. The molecule has 7 nitrogen and oxygen atoms in total. The molecule has 1 aromatic rings. The summed E-state index contributed by atoms with van der Waals surface area (Å²) in [6, 6.07) is 6.50. The number of carbonyl (C=O) groups excluding carboxylic acids is 2. The molecule has 20 heavy (non-hydrogen) atoms. The summed E-state index contributed by atoms with van der Waals surface area (Å²) in [6.07, 6.45) is 0. The summed E-state index contributed by atoms with van der Waals surface area (Å²) in [4.78, 5) is 22.8. The molecule has 1 aromatic carbocycles. The average Bonchev–Trinajstić information content (AvgIpc) is 2.38. The molecule has 0 radical (unpaired) electrons. The molecule has 1 rings (SSSR count). The van der Waals surface area contributed by atoms with Crippen LogP contribution in [-0.4, -0.2) is 39.2 Å². The van der Waals surface area contributed by atoms with Crippen molar-refractivity contribution in [1.29, 1.82) is 5.26 Å². The minimum Gasteiger partial charge on any atom is -0.375 e. The van der Waals surface area contributed by atoms with Crippen LogP contribution in [0.15, 0.2) is 18.2 Å². The predicted octanol–water partition coefficient (Wildman–Crippen LogP) is 0.728. The van der Waals surface area contributed by atoms with Gasteiger partial charge in [-0.2, -0.15) is 5.26 Å². The van der Waals surface area contributed by atoms with Crippen molar-refractivity contribution in [2.45, 2.75) is 0 Å². The zero-order chi connectivity index (χ0) is 15.0. The topological polar surface area (TPSA) is 100 Å². The molecule has 0 spiro atoms. The molecule has 0 fully saturated rings. The number of nitriles is 1. The monoisotopic (exact) mass is 277 g/mol. The fraction of sp³-hybridized carbons (Fsp3) is 0.308. The van der Waals surface area contributed by atoms with Gasteiger partial charge in [-0.1, -0.05) is 0 Å². The highest BCUT2D eigenvalue weighted by Crippen LogP contribution is 2.18. The second-order valence-electron chi connectivity index (χ2n) is 3.87. The van der Waals surface area contributed by atoms with E-state index >= 15 is 0 Å². The van der Waals surface area contributed by atoms with E-state index in [1.165, 1.54) is 26.4 Å². The molecule has 0 aromatic heterocycles. The lowest BCUT2D eigenvalue weighted by atomic mass is 10.2. The first kappa shape index (κ1) is 15.6. The van der Waals surface area contributed by atoms with Crippen LogP contribution in [0.3, 0.4) is 0 Å². The second-order valence-corrected chi connectivity index (χ2v) is 3.87. The Bertz CT molecular complexity index is 499. The first-order chi connectivity index (χ1) is 9.58. The van der Waals surface area contributed by atoms with Crippen LogP contribution in [-0.2, 0) is 19.1 Å². The highest BCUT2D eigenvalue weighted by molar-refractivity contribution is 5.95. The summed E-state index contributed by atoms with van der Waals surface area (Å²) in [5.74, 6) is -0.700. The predicted molar refractivity (Wildman–Crippen MR) is 72.2 cm³/mol. The Morgan fingerprint density at radius 1 is 1.05 bits per heavy atom. The first-order valence-corrected chi connectivity index (χ1v) is 5.71. The van der Waals surface area contributed by atoms with Crippen LogP contribution in [0.2, 0.25) is 0 Å². The standard InChI is InChI=1S/C13H15N3O4/c1-19-7-12(17)15-10-3-9(6-14)4-11(5-10)16-13(18)8-20-2/h3-5H,7-8H2,1-2H3,(H,15,17)(H,16,18). The fourth-order valence-electron chi connectivity index (χ4n) is 1.49. The molecule has 0 aliphatic rings. The zero-order valence-electron chi connectivity index (χ0n) is 11.2. The smallest absolute Gasteiger partial charge is 0.250 e. The molecule has 0 atom stereocenters. The molecule has 0 saturated carbocycles. The minimum absolute atomic E-state index is 0.0951. The van der Waals surface area contributed by atoms with Gasteiger partial charge < -0.3 is 20.1 Å². The molecule has 2 amide bonds. The van der Waals surface area contributed by atoms with Crippen molar-refractivity contribution < 1.29 is 19.1 Å². The Labute approximate surface area is 116 Å². The number of anilines is 2. The van der Waals surface area contributed by atoms with E-state index in [4.69, 9.17) is 14.7 Å². The van der Waals surface area contributed by atoms with Gasteiger partial charge in [-0.3, -0.25) is 9.59 Å². The van der Waals surface area contributed by atoms with Gasteiger partial charge in [0.05, 0.1) is 11.6 Å². The number of benzene rings is 1. The lowest BCUT2D eigenvalue weighted by Crippen LogP contribution is -2.19. The number of nitrogens with zero attached hydrogens (tertiary/aromatic N) is 1. The number of ether oxygens (including phenoxy) is 2. The quantitative estimate of drug-likeness (QED) is 0.798. The third-order valence-electron chi connectivity index (χ3n) is 2.18. The van der Waals surface area contributed by atoms with Crippen molar-refractivity contribution in [1.82, 2.24) is 0 Å². The third kappa shape index (κ3) is 5.06. The van der Waals surface area contributed by atoms with Crippen molar-refractivity contribution in [2.24, 2.45) is 0 Å². The maximum atomic E-state index is 11.4. The number of nitrogens with one attached hydrogen (secondary N) is 2. The molecule has 7 heteroatoms. The molecular formula is C13H15N3O4. The molecule has 0 aliphatic carbocycles. The Morgan fingerprint density at radius 3 is 1.85 bits per heavy atom. The van der Waals surface area contributed by atoms with Crippen LogP contribution in [0.1, 0.15) is 5.56 Å². The Kier molecular flexibility index (Phi) is 6.16. The first-order valence-electron chi connectivity index (χ1n) is 5.71. The van der Waals surface area contributed by atoms with Gasteiger partial charge in [-0.25, -0.2) is 0 Å². The maximum absolute atomic E-state index is 11.4. The largest absolute Gasteiger partial charge is 0.375 e. The van der Waals surface area contributed by atoms with E-state index in [0.29, 0.717) is 16.9 Å². The van der Waals surface area contributed by atoms with Crippen LogP contribution in [0.5, 0.6) is 0 Å². The van der Waals surface area contributed by atoms with Crippen LogP contribution < -0.4 is 10.6 Å². The average molecular weight is 277 g/mol. The SMILES string of the molecule is COCC(=O)Nc1cc(C#N)cc(NC(=O)COC)c1. The Hall–Kier alpha value is -2.43. The van der Waals surface area contributed by atoms with E-state index in [1.807, 2.05) is 6.07 Å². The van der Waals surface area contributed by atoms with Gasteiger partial charge in [0.1, 0.15) is 13.2 Å². The Morgan fingerprint density at radius 2 is 1.50 bits per heavy atom. The minimum atomic E-state index is -0.350. The van der Waals surface area contributed by atoms with Gasteiger partial charge in [-0.05, 0) is 18.2 Å². The maximum Gasteiger partial charge on any atom is 0.250 e. The number of methoxy groups -OCH3 is 2. The van der Waals surface area contributed by atoms with Gasteiger partial charge in [0.25, 0.3) is 0 Å². The number of hydrogen-bond donors (Lipinski definition) is 2. The summed E-state index contributed by atoms with van der Waals surface area (Å²) in [6.45, 7) is -0.190. The lowest BCUT2D eigenvalue weighted by Gasteiger charge is -2.09. The zero-order valence-corrected chi connectivity index (χ0v) is 11.2. The molecule has 0 saturated heterocycles. The molecule has 0 aliphatic heterocycles. The summed E-state index contributed by atoms with van der Waals surface area (Å²) < 4.78 is 9.39. The van der Waals surface area contributed by atoms with Crippen LogP contribution >= 0.6 is 0 Å². The highest BCUT2D eigenvalue weighted by Gasteiger charge is 2.07. The molecule has 0 unspecified atom stereocenters. The van der Waals surface area contributed by atoms with Crippen molar-refractivity contribution >= 4 is 23.2 Å². The van der Waals surface area contributed by atoms with E-state index in [2.05, 4.69) is 10.6 Å². The van der Waals surface area contributed by atoms with E-state index in [0.717, 1.165) is 0 Å².